The van der Waals surface area contributed by atoms with Crippen LogP contribution < -0.4 is 0 Å². The fraction of sp³-hybridized carbons (Fsp3) is 0.0526. The Labute approximate surface area is 144 Å². The number of aliphatic hydroxyl groups excluding tert-OH is 1. The number of aliphatic hydroxyl groups is 1. The number of allylic oxidation sites excluding steroid dienone is 5. The summed E-state index contributed by atoms with van der Waals surface area (Å²) >= 11 is 5.46. The second-order valence-corrected chi connectivity index (χ2v) is 5.91. The molecule has 0 fully saturated rings. The highest BCUT2D eigenvalue weighted by atomic mass is 32.1. The zero-order valence-corrected chi connectivity index (χ0v) is 13.6. The molecule has 0 unspecified atom stereocenters. The van der Waals surface area contributed by atoms with Gasteiger partial charge in [-0.3, -0.25) is 9.67 Å². The highest BCUT2D eigenvalue weighted by Crippen LogP contribution is 2.28. The smallest absolute Gasteiger partial charge is 0.200 e. The Bertz CT molecular complexity index is 1060. The van der Waals surface area contributed by atoms with E-state index in [1.165, 1.54) is 0 Å². The van der Waals surface area contributed by atoms with E-state index in [0.29, 0.717) is 22.6 Å². The fourth-order valence-electron chi connectivity index (χ4n) is 2.91. The van der Waals surface area contributed by atoms with E-state index in [1.807, 2.05) is 47.1 Å². The predicted molar refractivity (Wildman–Crippen MR) is 98.7 cm³/mol. The molecule has 1 aliphatic rings. The van der Waals surface area contributed by atoms with Gasteiger partial charge in [0, 0.05) is 5.39 Å². The van der Waals surface area contributed by atoms with Crippen LogP contribution in [0, 0.1) is 4.77 Å². The summed E-state index contributed by atoms with van der Waals surface area (Å²) in [6.45, 7) is 0. The molecule has 0 aliphatic heterocycles. The quantitative estimate of drug-likeness (QED) is 0.658. The van der Waals surface area contributed by atoms with Crippen LogP contribution in [0.5, 0.6) is 0 Å². The minimum atomic E-state index is 0.204. The molecule has 0 atom stereocenters. The van der Waals surface area contributed by atoms with Crippen LogP contribution in [-0.4, -0.2) is 19.9 Å². The van der Waals surface area contributed by atoms with Crippen molar-refractivity contribution in [3.63, 3.8) is 0 Å². The molecule has 4 rings (SSSR count). The number of rotatable bonds is 2. The summed E-state index contributed by atoms with van der Waals surface area (Å²) in [5.41, 5.74) is 1.58. The Morgan fingerprint density at radius 2 is 1.96 bits per heavy atom. The molecule has 0 radical (unpaired) electrons. The molecule has 0 amide bonds. The van der Waals surface area contributed by atoms with E-state index in [9.17, 15) is 5.11 Å². The largest absolute Gasteiger partial charge is 0.508 e. The van der Waals surface area contributed by atoms with Gasteiger partial charge in [0.25, 0.3) is 0 Å². The van der Waals surface area contributed by atoms with Crippen LogP contribution in [0.4, 0.5) is 0 Å². The summed E-state index contributed by atoms with van der Waals surface area (Å²) in [4.78, 5) is 0. The third kappa shape index (κ3) is 2.39. The highest BCUT2D eigenvalue weighted by molar-refractivity contribution is 7.71. The highest BCUT2D eigenvalue weighted by Gasteiger charge is 2.17. The summed E-state index contributed by atoms with van der Waals surface area (Å²) < 4.78 is 2.36. The molecule has 4 nitrogen and oxygen atoms in total. The zero-order valence-electron chi connectivity index (χ0n) is 12.8. The van der Waals surface area contributed by atoms with Gasteiger partial charge in [-0.2, -0.15) is 5.10 Å². The van der Waals surface area contributed by atoms with E-state index in [1.54, 1.807) is 6.08 Å². The Morgan fingerprint density at radius 1 is 1.12 bits per heavy atom. The van der Waals surface area contributed by atoms with Gasteiger partial charge in [0.2, 0.25) is 0 Å². The fourth-order valence-corrected chi connectivity index (χ4v) is 3.14. The summed E-state index contributed by atoms with van der Waals surface area (Å²) in [5, 5.41) is 19.8. The molecule has 5 heteroatoms. The molecule has 1 aliphatic carbocycles. The van der Waals surface area contributed by atoms with Gasteiger partial charge in [0.15, 0.2) is 10.6 Å². The first-order valence-electron chi connectivity index (χ1n) is 7.68. The van der Waals surface area contributed by atoms with E-state index >= 15 is 0 Å². The zero-order chi connectivity index (χ0) is 16.5. The second-order valence-electron chi connectivity index (χ2n) is 5.52. The first kappa shape index (κ1) is 14.7. The SMILES string of the molecule is OC1=CCC=CC=C1c1n[nH]c(=S)n1-c1cccc2ccccc12. The lowest BCUT2D eigenvalue weighted by Crippen LogP contribution is -2.03. The van der Waals surface area contributed by atoms with Crippen molar-refractivity contribution < 1.29 is 5.11 Å². The molecule has 2 N–H and O–H groups in total. The maximum atomic E-state index is 10.3. The third-order valence-corrected chi connectivity index (χ3v) is 4.32. The summed E-state index contributed by atoms with van der Waals surface area (Å²) in [6.07, 6.45) is 8.20. The number of H-pyrrole nitrogens is 1. The lowest BCUT2D eigenvalue weighted by atomic mass is 10.1. The van der Waals surface area contributed by atoms with E-state index < -0.39 is 0 Å². The van der Waals surface area contributed by atoms with Crippen molar-refractivity contribution in [2.75, 3.05) is 0 Å². The van der Waals surface area contributed by atoms with Gasteiger partial charge in [-0.25, -0.2) is 0 Å². The second kappa shape index (κ2) is 5.94. The Hall–Kier alpha value is -2.92. The van der Waals surface area contributed by atoms with Crippen LogP contribution in [0.15, 0.2) is 72.5 Å². The molecule has 118 valence electrons. The van der Waals surface area contributed by atoms with Crippen LogP contribution in [-0.2, 0) is 0 Å². The standard InChI is InChI=1S/C19H15N3OS/c23-17-12-3-1-2-10-15(17)18-20-21-19(24)22(18)16-11-6-8-13-7-4-5-9-14(13)16/h1-2,4-12,23H,3H2,(H,21,24). The molecule has 0 bridgehead atoms. The van der Waals surface area contributed by atoms with Crippen molar-refractivity contribution in [2.24, 2.45) is 0 Å². The first-order chi connectivity index (χ1) is 11.8. The van der Waals surface area contributed by atoms with Crippen molar-refractivity contribution in [3.05, 3.63) is 83.1 Å². The number of nitrogens with zero attached hydrogens (tertiary/aromatic N) is 2. The number of benzene rings is 2. The molecule has 0 spiro atoms. The lowest BCUT2D eigenvalue weighted by Gasteiger charge is -2.12. The van der Waals surface area contributed by atoms with Crippen LogP contribution in [0.25, 0.3) is 22.0 Å². The molecular formula is C19H15N3OS. The van der Waals surface area contributed by atoms with E-state index in [0.717, 1.165) is 16.5 Å². The summed E-state index contributed by atoms with van der Waals surface area (Å²) in [7, 11) is 0. The number of aromatic nitrogens is 3. The summed E-state index contributed by atoms with van der Waals surface area (Å²) in [6, 6.07) is 14.2. The maximum Gasteiger partial charge on any atom is 0.200 e. The predicted octanol–water partition coefficient (Wildman–Crippen LogP) is 4.87. The number of nitrogens with one attached hydrogen (secondary N) is 1. The van der Waals surface area contributed by atoms with Gasteiger partial charge >= 0.3 is 0 Å². The molecule has 2 aromatic carbocycles. The minimum absolute atomic E-state index is 0.204. The lowest BCUT2D eigenvalue weighted by molar-refractivity contribution is 0.435. The molecule has 0 saturated heterocycles. The molecule has 24 heavy (non-hydrogen) atoms. The van der Waals surface area contributed by atoms with Crippen LogP contribution in [0.1, 0.15) is 12.2 Å². The number of hydrogen-bond donors (Lipinski definition) is 2. The van der Waals surface area contributed by atoms with Gasteiger partial charge in [-0.05, 0) is 42.2 Å². The van der Waals surface area contributed by atoms with E-state index in [-0.39, 0.29) is 5.76 Å². The molecule has 1 heterocycles. The Balaban J connectivity index is 2.01. The first-order valence-corrected chi connectivity index (χ1v) is 8.09. The van der Waals surface area contributed by atoms with Gasteiger partial charge < -0.3 is 5.11 Å². The Kier molecular flexibility index (Phi) is 3.63. The van der Waals surface area contributed by atoms with E-state index in [2.05, 4.69) is 28.4 Å². The molecular weight excluding hydrogens is 318 g/mol. The average Bonchev–Trinajstić information content (AvgIpc) is 2.84. The summed E-state index contributed by atoms with van der Waals surface area (Å²) in [5.74, 6) is 0.798. The van der Waals surface area contributed by atoms with Crippen molar-refractivity contribution in [1.29, 1.82) is 0 Å². The van der Waals surface area contributed by atoms with Crippen LogP contribution in [0.2, 0.25) is 0 Å². The normalized spacial score (nSPS) is 14.3. The van der Waals surface area contributed by atoms with Gasteiger partial charge in [0.05, 0.1) is 11.3 Å². The van der Waals surface area contributed by atoms with Gasteiger partial charge in [-0.15, -0.1) is 0 Å². The topological polar surface area (TPSA) is 53.8 Å². The van der Waals surface area contributed by atoms with Gasteiger partial charge in [-0.1, -0.05) is 48.6 Å². The monoisotopic (exact) mass is 333 g/mol. The molecule has 3 aromatic rings. The van der Waals surface area contributed by atoms with Crippen molar-refractivity contribution in [2.45, 2.75) is 6.42 Å². The molecule has 1 aromatic heterocycles. The van der Waals surface area contributed by atoms with Gasteiger partial charge in [0.1, 0.15) is 5.76 Å². The molecule has 0 saturated carbocycles. The average molecular weight is 333 g/mol. The Morgan fingerprint density at radius 3 is 2.88 bits per heavy atom. The maximum absolute atomic E-state index is 10.3. The number of fused-ring (bicyclic) bond motifs is 1. The van der Waals surface area contributed by atoms with Crippen LogP contribution >= 0.6 is 12.2 Å². The number of hydrogen-bond acceptors (Lipinski definition) is 3. The van der Waals surface area contributed by atoms with Crippen molar-refractivity contribution >= 4 is 28.6 Å². The van der Waals surface area contributed by atoms with Crippen molar-refractivity contribution in [3.8, 4) is 5.69 Å². The van der Waals surface area contributed by atoms with Crippen molar-refractivity contribution in [1.82, 2.24) is 14.8 Å². The number of aromatic amines is 1. The minimum Gasteiger partial charge on any atom is -0.508 e. The van der Waals surface area contributed by atoms with Crippen LogP contribution in [0.3, 0.4) is 0 Å². The van der Waals surface area contributed by atoms with E-state index in [4.69, 9.17) is 12.2 Å². The third-order valence-electron chi connectivity index (χ3n) is 4.04.